The van der Waals surface area contributed by atoms with Crippen LogP contribution < -0.4 is 9.47 Å². The van der Waals surface area contributed by atoms with Crippen molar-refractivity contribution in [3.8, 4) is 11.5 Å². The molecular weight excluding hydrogens is 485 g/mol. The molecule has 0 saturated carbocycles. The van der Waals surface area contributed by atoms with Crippen LogP contribution >= 0.6 is 0 Å². The minimum Gasteiger partial charge on any atom is -0.497 e. The van der Waals surface area contributed by atoms with Gasteiger partial charge in [-0.25, -0.2) is 4.99 Å². The van der Waals surface area contributed by atoms with E-state index in [2.05, 4.69) is 9.73 Å². The van der Waals surface area contributed by atoms with E-state index in [1.807, 2.05) is 10.6 Å². The van der Waals surface area contributed by atoms with Gasteiger partial charge in [0.05, 0.1) is 24.8 Å². The molecule has 192 valence electrons. The molecule has 12 heteroatoms. The van der Waals surface area contributed by atoms with E-state index in [-0.39, 0.29) is 11.6 Å². The van der Waals surface area contributed by atoms with Gasteiger partial charge in [0, 0.05) is 24.2 Å². The van der Waals surface area contributed by atoms with Gasteiger partial charge in [-0.15, -0.1) is 13.2 Å². The van der Waals surface area contributed by atoms with Crippen molar-refractivity contribution in [1.29, 1.82) is 0 Å². The highest BCUT2D eigenvalue weighted by molar-refractivity contribution is 6.08. The van der Waals surface area contributed by atoms with Gasteiger partial charge in [0.15, 0.2) is 0 Å². The molecule has 1 aromatic heterocycles. The molecule has 3 N–H and O–H groups in total. The Morgan fingerprint density at radius 1 is 1.06 bits per heavy atom. The number of ether oxygens (including phenoxy) is 4. The van der Waals surface area contributed by atoms with Gasteiger partial charge in [0.2, 0.25) is 12.2 Å². The summed E-state index contributed by atoms with van der Waals surface area (Å²) in [5.74, 6) is 0.472. The van der Waals surface area contributed by atoms with Gasteiger partial charge >= 0.3 is 6.36 Å². The molecule has 2 aromatic carbocycles. The lowest BCUT2D eigenvalue weighted by molar-refractivity contribution is -0.274. The van der Waals surface area contributed by atoms with E-state index in [1.165, 1.54) is 31.4 Å². The first-order chi connectivity index (χ1) is 17.2. The number of nitrogens with zero attached hydrogens (tertiary/aromatic N) is 2. The van der Waals surface area contributed by atoms with Crippen molar-refractivity contribution in [2.24, 2.45) is 4.99 Å². The first kappa shape index (κ1) is 24.4. The van der Waals surface area contributed by atoms with Crippen molar-refractivity contribution in [3.63, 3.8) is 0 Å². The normalized spacial score (nSPS) is 25.9. The second-order valence-corrected chi connectivity index (χ2v) is 8.49. The summed E-state index contributed by atoms with van der Waals surface area (Å²) in [5.41, 5.74) is 2.05. The Labute approximate surface area is 202 Å². The Morgan fingerprint density at radius 2 is 1.78 bits per heavy atom. The zero-order chi connectivity index (χ0) is 25.6. The standard InChI is InChI=1S/C24H23F3N2O7/c1-33-14-6-7-15-16(22-28-19-21(32)20(31)18(11-30)34-23(19)35-22)10-29(17(15)8-14)9-12-2-4-13(5-3-12)36-24(25,26)27/h2-8,10,18-21,23,30-32H,9,11H2,1H3/t18?,19-,20-,21?,23-/m1/s1. The van der Waals surface area contributed by atoms with Crippen LogP contribution in [0.25, 0.3) is 10.9 Å². The molecule has 9 nitrogen and oxygen atoms in total. The highest BCUT2D eigenvalue weighted by atomic mass is 19.4. The average Bonchev–Trinajstić information content (AvgIpc) is 3.43. The third kappa shape index (κ3) is 4.60. The topological polar surface area (TPSA) is 115 Å². The monoisotopic (exact) mass is 508 g/mol. The van der Waals surface area contributed by atoms with E-state index < -0.39 is 43.6 Å². The molecule has 0 aliphatic carbocycles. The Morgan fingerprint density at radius 3 is 2.44 bits per heavy atom. The first-order valence-corrected chi connectivity index (χ1v) is 11.1. The maximum atomic E-state index is 12.5. The molecule has 36 heavy (non-hydrogen) atoms. The fourth-order valence-electron chi connectivity index (χ4n) is 4.40. The summed E-state index contributed by atoms with van der Waals surface area (Å²) in [4.78, 5) is 4.45. The van der Waals surface area contributed by atoms with E-state index in [1.54, 1.807) is 18.3 Å². The van der Waals surface area contributed by atoms with Crippen LogP contribution in [0.2, 0.25) is 0 Å². The minimum atomic E-state index is -4.77. The molecule has 5 atom stereocenters. The molecule has 2 aliphatic heterocycles. The Kier molecular flexibility index (Phi) is 6.29. The summed E-state index contributed by atoms with van der Waals surface area (Å²) in [5, 5.41) is 30.8. The third-order valence-corrected chi connectivity index (χ3v) is 6.17. The number of hydrogen-bond donors (Lipinski definition) is 3. The van der Waals surface area contributed by atoms with Crippen molar-refractivity contribution >= 4 is 16.8 Å². The molecule has 3 aromatic rings. The third-order valence-electron chi connectivity index (χ3n) is 6.17. The number of fused-ring (bicyclic) bond motifs is 2. The smallest absolute Gasteiger partial charge is 0.497 e. The van der Waals surface area contributed by atoms with Crippen LogP contribution in [0.3, 0.4) is 0 Å². The molecule has 0 amide bonds. The van der Waals surface area contributed by atoms with Crippen LogP contribution in [0.15, 0.2) is 53.7 Å². The molecule has 3 heterocycles. The summed E-state index contributed by atoms with van der Waals surface area (Å²) in [6.07, 6.45) is -7.60. The van der Waals surface area contributed by atoms with E-state index in [0.717, 1.165) is 10.9 Å². The van der Waals surface area contributed by atoms with Gasteiger partial charge in [0.25, 0.3) is 0 Å². The number of aliphatic hydroxyl groups is 3. The number of alkyl halides is 3. The predicted octanol–water partition coefficient (Wildman–Crippen LogP) is 2.18. The maximum absolute atomic E-state index is 12.5. The number of hydrogen-bond acceptors (Lipinski definition) is 8. The molecule has 5 rings (SSSR count). The van der Waals surface area contributed by atoms with Gasteiger partial charge in [-0.2, -0.15) is 0 Å². The van der Waals surface area contributed by atoms with E-state index in [9.17, 15) is 28.5 Å². The first-order valence-electron chi connectivity index (χ1n) is 11.1. The van der Waals surface area contributed by atoms with Crippen molar-refractivity contribution in [3.05, 3.63) is 59.8 Å². The second kappa shape index (κ2) is 9.28. The van der Waals surface area contributed by atoms with Crippen molar-refractivity contribution < 1.29 is 47.4 Å². The second-order valence-electron chi connectivity index (χ2n) is 8.49. The van der Waals surface area contributed by atoms with Crippen LogP contribution in [0.5, 0.6) is 11.5 Å². The zero-order valence-electron chi connectivity index (χ0n) is 18.9. The van der Waals surface area contributed by atoms with Crippen molar-refractivity contribution in [1.82, 2.24) is 4.57 Å². The van der Waals surface area contributed by atoms with Gasteiger partial charge in [0.1, 0.15) is 35.9 Å². The van der Waals surface area contributed by atoms with E-state index in [4.69, 9.17) is 14.2 Å². The molecule has 1 saturated heterocycles. The number of methoxy groups -OCH3 is 1. The summed E-state index contributed by atoms with van der Waals surface area (Å²) >= 11 is 0. The lowest BCUT2D eigenvalue weighted by atomic mass is 9.98. The quantitative estimate of drug-likeness (QED) is 0.468. The number of benzene rings is 2. The van der Waals surface area contributed by atoms with Crippen LogP contribution in [-0.4, -0.2) is 76.5 Å². The molecule has 1 fully saturated rings. The molecule has 0 spiro atoms. The molecule has 0 bridgehead atoms. The zero-order valence-corrected chi connectivity index (χ0v) is 18.9. The summed E-state index contributed by atoms with van der Waals surface area (Å²) in [6, 6.07) is 10.1. The van der Waals surface area contributed by atoms with Crippen molar-refractivity contribution in [2.45, 2.75) is 43.6 Å². The van der Waals surface area contributed by atoms with Gasteiger partial charge in [-0.1, -0.05) is 12.1 Å². The fourth-order valence-corrected chi connectivity index (χ4v) is 4.40. The highest BCUT2D eigenvalue weighted by Gasteiger charge is 2.49. The Hall–Kier alpha value is -3.32. The largest absolute Gasteiger partial charge is 0.573 e. The summed E-state index contributed by atoms with van der Waals surface area (Å²) < 4.78 is 60.0. The Bertz CT molecular complexity index is 1280. The van der Waals surface area contributed by atoms with Crippen LogP contribution in [0.1, 0.15) is 11.1 Å². The SMILES string of the molecule is COc1ccc2c(C3=N[C@@H]4C(O)[C@H](O)C(CO)O[C@@H]4O3)cn(Cc3ccc(OC(F)(F)F)cc3)c2c1. The number of halogens is 3. The number of aliphatic hydroxyl groups excluding tert-OH is 3. The van der Waals surface area contributed by atoms with Crippen LogP contribution in [0, 0.1) is 0 Å². The number of rotatable bonds is 6. The summed E-state index contributed by atoms with van der Waals surface area (Å²) in [6.45, 7) is -0.188. The molecular formula is C24H23F3N2O7. The van der Waals surface area contributed by atoms with Gasteiger partial charge in [-0.3, -0.25) is 0 Å². The highest BCUT2D eigenvalue weighted by Crippen LogP contribution is 2.34. The lowest BCUT2D eigenvalue weighted by Crippen LogP contribution is -2.56. The maximum Gasteiger partial charge on any atom is 0.573 e. The van der Waals surface area contributed by atoms with Gasteiger partial charge < -0.3 is 38.8 Å². The van der Waals surface area contributed by atoms with Crippen molar-refractivity contribution in [2.75, 3.05) is 13.7 Å². The summed E-state index contributed by atoms with van der Waals surface area (Å²) in [7, 11) is 1.53. The van der Waals surface area contributed by atoms with E-state index in [0.29, 0.717) is 23.4 Å². The predicted molar refractivity (Wildman–Crippen MR) is 120 cm³/mol. The lowest BCUT2D eigenvalue weighted by Gasteiger charge is -2.36. The molecule has 2 aliphatic rings. The van der Waals surface area contributed by atoms with Gasteiger partial charge in [-0.05, 0) is 29.8 Å². The molecule has 2 unspecified atom stereocenters. The van der Waals surface area contributed by atoms with Crippen LogP contribution in [0.4, 0.5) is 13.2 Å². The number of aromatic nitrogens is 1. The Balaban J connectivity index is 1.47. The minimum absolute atomic E-state index is 0.192. The molecule has 0 radical (unpaired) electrons. The van der Waals surface area contributed by atoms with Crippen LogP contribution in [-0.2, 0) is 16.0 Å². The van der Waals surface area contributed by atoms with E-state index >= 15 is 0 Å². The average molecular weight is 508 g/mol. The fraction of sp³-hybridized carbons (Fsp3) is 0.375. The number of aliphatic imine (C=N–C) groups is 1.